The van der Waals surface area contributed by atoms with Crippen LogP contribution in [0.3, 0.4) is 0 Å². The van der Waals surface area contributed by atoms with E-state index in [0.717, 1.165) is 0 Å². The number of aliphatic hydroxyl groups excluding tert-OH is 1. The molecule has 2 aromatic heterocycles. The molecule has 0 aliphatic heterocycles. The maximum atomic E-state index is 11.7. The van der Waals surface area contributed by atoms with E-state index in [-0.39, 0.29) is 30.1 Å². The molecular formula is C10H18N5O12P3. The van der Waals surface area contributed by atoms with Crippen LogP contribution in [0.15, 0.2) is 11.1 Å². The lowest BCUT2D eigenvalue weighted by molar-refractivity contribution is 0.118. The van der Waals surface area contributed by atoms with E-state index in [9.17, 15) is 28.5 Å². The highest BCUT2D eigenvalue weighted by Gasteiger charge is 2.40. The Bertz CT molecular complexity index is 1090. The molecule has 8 N–H and O–H groups in total. The van der Waals surface area contributed by atoms with E-state index in [0.29, 0.717) is 0 Å². The van der Waals surface area contributed by atoms with Crippen molar-refractivity contribution >= 4 is 40.6 Å². The van der Waals surface area contributed by atoms with Gasteiger partial charge in [0.15, 0.2) is 11.2 Å². The number of hydrogen-bond donors (Lipinski definition) is 7. The Balaban J connectivity index is 1.98. The van der Waals surface area contributed by atoms with E-state index in [1.165, 1.54) is 10.9 Å². The number of rotatable bonds is 11. The number of aromatic amines is 1. The van der Waals surface area contributed by atoms with Gasteiger partial charge in [-0.1, -0.05) is 0 Å². The van der Waals surface area contributed by atoms with Crippen LogP contribution in [0.5, 0.6) is 0 Å². The summed E-state index contributed by atoms with van der Waals surface area (Å²) in [6.45, 7) is -1.07. The van der Waals surface area contributed by atoms with Crippen LogP contribution < -0.4 is 11.3 Å². The molecule has 0 aliphatic carbocycles. The molecule has 170 valence electrons. The number of nitrogens with two attached hydrogens (primary N) is 1. The molecule has 2 unspecified atom stereocenters. The fourth-order valence-corrected chi connectivity index (χ4v) is 5.28. The van der Waals surface area contributed by atoms with Gasteiger partial charge in [0.05, 0.1) is 12.9 Å². The summed E-state index contributed by atoms with van der Waals surface area (Å²) in [4.78, 5) is 57.3. The number of nitrogens with one attached hydrogen (secondary N) is 1. The van der Waals surface area contributed by atoms with Crippen molar-refractivity contribution in [3.8, 4) is 0 Å². The minimum Gasteiger partial charge on any atom is -0.396 e. The van der Waals surface area contributed by atoms with Gasteiger partial charge in [0.1, 0.15) is 0 Å². The van der Waals surface area contributed by atoms with Crippen LogP contribution in [-0.2, 0) is 33.4 Å². The van der Waals surface area contributed by atoms with Gasteiger partial charge in [0, 0.05) is 19.1 Å². The maximum Gasteiger partial charge on any atom is 0.490 e. The number of imidazole rings is 1. The average molecular weight is 493 g/mol. The number of aromatic nitrogens is 4. The van der Waals surface area contributed by atoms with Crippen LogP contribution in [0.25, 0.3) is 11.2 Å². The largest absolute Gasteiger partial charge is 0.490 e. The van der Waals surface area contributed by atoms with Gasteiger partial charge >= 0.3 is 23.5 Å². The smallest absolute Gasteiger partial charge is 0.396 e. The van der Waals surface area contributed by atoms with Crippen LogP contribution in [0, 0.1) is 5.92 Å². The summed E-state index contributed by atoms with van der Waals surface area (Å²) in [7, 11) is -16.4. The summed E-state index contributed by atoms with van der Waals surface area (Å²) < 4.78 is 46.6. The highest BCUT2D eigenvalue weighted by atomic mass is 31.3. The zero-order valence-corrected chi connectivity index (χ0v) is 17.5. The summed E-state index contributed by atoms with van der Waals surface area (Å²) in [5.41, 5.74) is 5.12. The Hall–Kier alpha value is -1.48. The number of phosphoric acid groups is 3. The van der Waals surface area contributed by atoms with E-state index in [1.807, 2.05) is 0 Å². The number of aryl methyl sites for hydroxylation is 1. The SMILES string of the molecule is Nc1nc2c(ncn2CC[C@@H](CO)COP(=O)(O)OP(=O)(O)OP(=O)(O)O)c(=O)[nH]1. The van der Waals surface area contributed by atoms with Crippen molar-refractivity contribution < 1.29 is 51.5 Å². The zero-order valence-electron chi connectivity index (χ0n) is 14.8. The topological polar surface area (TPSA) is 270 Å². The maximum absolute atomic E-state index is 11.7. The van der Waals surface area contributed by atoms with Crippen molar-refractivity contribution in [2.24, 2.45) is 5.92 Å². The van der Waals surface area contributed by atoms with Gasteiger partial charge in [-0.25, -0.2) is 18.7 Å². The highest BCUT2D eigenvalue weighted by molar-refractivity contribution is 7.66. The molecule has 0 fully saturated rings. The summed E-state index contributed by atoms with van der Waals surface area (Å²) in [6, 6.07) is 0. The van der Waals surface area contributed by atoms with Crippen LogP contribution in [0.4, 0.5) is 5.95 Å². The Kier molecular flexibility index (Phi) is 7.72. The Morgan fingerprint density at radius 2 is 1.83 bits per heavy atom. The second-order valence-corrected chi connectivity index (χ2v) is 10.2. The molecule has 0 aromatic carbocycles. The molecule has 20 heteroatoms. The number of fused-ring (bicyclic) bond motifs is 1. The fourth-order valence-electron chi connectivity index (χ4n) is 2.19. The molecule has 2 aromatic rings. The standard InChI is InChI=1S/C10H18N5O12P3/c11-10-13-8-7(9(17)14-10)12-5-15(8)2-1-6(3-16)4-25-29(21,22)27-30(23,24)26-28(18,19)20/h5-6,16H,1-4H2,(H,21,22)(H,23,24)(H2,18,19,20)(H3,11,13,14,17)/t6-/m0/s1. The third-order valence-corrected chi connectivity index (χ3v) is 7.22. The normalized spacial score (nSPS) is 17.5. The lowest BCUT2D eigenvalue weighted by atomic mass is 10.1. The van der Waals surface area contributed by atoms with Crippen LogP contribution >= 0.6 is 23.5 Å². The van der Waals surface area contributed by atoms with Gasteiger partial charge < -0.3 is 35.0 Å². The molecule has 0 spiro atoms. The second kappa shape index (κ2) is 9.34. The molecule has 0 bridgehead atoms. The molecule has 30 heavy (non-hydrogen) atoms. The molecule has 2 heterocycles. The van der Waals surface area contributed by atoms with Crippen LogP contribution in [0.1, 0.15) is 6.42 Å². The molecule has 3 atom stereocenters. The van der Waals surface area contributed by atoms with E-state index in [2.05, 4.69) is 28.1 Å². The Morgan fingerprint density at radius 1 is 1.17 bits per heavy atom. The lowest BCUT2D eigenvalue weighted by Crippen LogP contribution is -2.17. The van der Waals surface area contributed by atoms with Gasteiger partial charge in [-0.15, -0.1) is 0 Å². The first-order valence-corrected chi connectivity index (χ1v) is 12.3. The number of H-pyrrole nitrogens is 1. The molecule has 0 amide bonds. The molecule has 2 rings (SSSR count). The Morgan fingerprint density at radius 3 is 2.43 bits per heavy atom. The number of nitrogen functional groups attached to an aromatic ring is 1. The second-order valence-electron chi connectivity index (χ2n) is 5.79. The molecule has 17 nitrogen and oxygen atoms in total. The van der Waals surface area contributed by atoms with Gasteiger partial charge in [-0.05, 0) is 6.42 Å². The average Bonchev–Trinajstić information content (AvgIpc) is 2.94. The first-order valence-electron chi connectivity index (χ1n) is 7.81. The number of nitrogens with zero attached hydrogens (tertiary/aromatic N) is 3. The molecular weight excluding hydrogens is 475 g/mol. The van der Waals surface area contributed by atoms with Gasteiger partial charge in [0.2, 0.25) is 5.95 Å². The predicted molar refractivity (Wildman–Crippen MR) is 97.6 cm³/mol. The highest BCUT2D eigenvalue weighted by Crippen LogP contribution is 2.66. The first-order chi connectivity index (χ1) is 13.7. The number of anilines is 1. The molecule has 0 saturated heterocycles. The van der Waals surface area contributed by atoms with E-state index in [4.69, 9.17) is 20.4 Å². The van der Waals surface area contributed by atoms with E-state index >= 15 is 0 Å². The summed E-state index contributed by atoms with van der Waals surface area (Å²) in [5, 5.41) is 9.40. The molecule has 0 radical (unpaired) electrons. The van der Waals surface area contributed by atoms with Gasteiger partial charge in [-0.3, -0.25) is 14.3 Å². The summed E-state index contributed by atoms with van der Waals surface area (Å²) >= 11 is 0. The number of hydrogen-bond acceptors (Lipinski definition) is 11. The minimum absolute atomic E-state index is 0.0259. The van der Waals surface area contributed by atoms with Gasteiger partial charge in [-0.2, -0.15) is 13.6 Å². The first kappa shape index (κ1) is 24.8. The van der Waals surface area contributed by atoms with Crippen molar-refractivity contribution in [1.82, 2.24) is 19.5 Å². The van der Waals surface area contributed by atoms with Gasteiger partial charge in [0.25, 0.3) is 5.56 Å². The Labute approximate surface area is 166 Å². The van der Waals surface area contributed by atoms with Crippen molar-refractivity contribution in [3.63, 3.8) is 0 Å². The van der Waals surface area contributed by atoms with E-state index in [1.54, 1.807) is 0 Å². The van der Waals surface area contributed by atoms with Crippen LogP contribution in [-0.4, -0.2) is 57.4 Å². The van der Waals surface area contributed by atoms with Crippen molar-refractivity contribution in [2.45, 2.75) is 13.0 Å². The monoisotopic (exact) mass is 493 g/mol. The fraction of sp³-hybridized carbons (Fsp3) is 0.500. The summed E-state index contributed by atoms with van der Waals surface area (Å²) in [6.07, 6.45) is 1.40. The lowest BCUT2D eigenvalue weighted by Gasteiger charge is -2.19. The molecule has 0 aliphatic rings. The number of aliphatic hydroxyl groups is 1. The third-order valence-electron chi connectivity index (χ3n) is 3.42. The quantitative estimate of drug-likeness (QED) is 0.186. The predicted octanol–water partition coefficient (Wildman–Crippen LogP) is -0.956. The van der Waals surface area contributed by atoms with Crippen molar-refractivity contribution in [2.75, 3.05) is 18.9 Å². The zero-order chi connectivity index (χ0) is 22.7. The third kappa shape index (κ3) is 7.34. The van der Waals surface area contributed by atoms with Crippen molar-refractivity contribution in [1.29, 1.82) is 0 Å². The van der Waals surface area contributed by atoms with Crippen molar-refractivity contribution in [3.05, 3.63) is 16.7 Å². The minimum atomic E-state index is -5.62. The van der Waals surface area contributed by atoms with E-state index < -0.39 is 48.2 Å². The van der Waals surface area contributed by atoms with Crippen LogP contribution in [0.2, 0.25) is 0 Å². The molecule has 0 saturated carbocycles. The number of phosphoric ester groups is 1. The summed E-state index contributed by atoms with van der Waals surface area (Å²) in [5.74, 6) is -0.938.